The van der Waals surface area contributed by atoms with E-state index in [1.807, 2.05) is 42.5 Å². The minimum absolute atomic E-state index is 0.0432. The van der Waals surface area contributed by atoms with Gasteiger partial charge >= 0.3 is 0 Å². The fourth-order valence-electron chi connectivity index (χ4n) is 4.93. The number of hydrogen-bond donors (Lipinski definition) is 0. The molecule has 0 saturated carbocycles. The predicted molar refractivity (Wildman–Crippen MR) is 143 cm³/mol. The molecule has 7 nitrogen and oxygen atoms in total. The van der Waals surface area contributed by atoms with Crippen molar-refractivity contribution in [3.63, 3.8) is 0 Å². The number of ether oxygens (including phenoxy) is 3. The van der Waals surface area contributed by atoms with Gasteiger partial charge in [0.15, 0.2) is 16.9 Å². The SMILES string of the molecule is CC(C)CCOc1cccc(C2c3c(oc4ccc(Cl)cc4c3=O)C(=O)N2Cc2ccc3c(c2)OCO3)c1. The van der Waals surface area contributed by atoms with Crippen LogP contribution in [0, 0.1) is 5.92 Å². The van der Waals surface area contributed by atoms with E-state index in [2.05, 4.69) is 13.8 Å². The highest BCUT2D eigenvalue weighted by Gasteiger charge is 2.43. The normalized spacial score (nSPS) is 15.9. The van der Waals surface area contributed by atoms with Gasteiger partial charge in [-0.1, -0.05) is 43.6 Å². The zero-order chi connectivity index (χ0) is 26.4. The van der Waals surface area contributed by atoms with Gasteiger partial charge in [-0.05, 0) is 65.9 Å². The Morgan fingerprint density at radius 1 is 1.03 bits per heavy atom. The Hall–Kier alpha value is -3.97. The van der Waals surface area contributed by atoms with Crippen molar-refractivity contribution in [2.45, 2.75) is 32.9 Å². The lowest BCUT2D eigenvalue weighted by atomic mass is 9.98. The van der Waals surface area contributed by atoms with Crippen molar-refractivity contribution in [1.29, 1.82) is 0 Å². The van der Waals surface area contributed by atoms with Gasteiger partial charge in [-0.25, -0.2) is 0 Å². The maximum absolute atomic E-state index is 13.8. The van der Waals surface area contributed by atoms with Gasteiger partial charge in [0.1, 0.15) is 11.3 Å². The molecule has 1 atom stereocenters. The van der Waals surface area contributed by atoms with E-state index in [0.29, 0.717) is 51.3 Å². The minimum Gasteiger partial charge on any atom is -0.494 e. The molecule has 194 valence electrons. The lowest BCUT2D eigenvalue weighted by Crippen LogP contribution is -2.29. The van der Waals surface area contributed by atoms with Crippen LogP contribution in [0.25, 0.3) is 11.0 Å². The molecule has 3 heterocycles. The third-order valence-corrected chi connectivity index (χ3v) is 7.09. The number of halogens is 1. The Morgan fingerprint density at radius 2 is 1.87 bits per heavy atom. The maximum Gasteiger partial charge on any atom is 0.291 e. The molecule has 8 heteroatoms. The van der Waals surface area contributed by atoms with Crippen LogP contribution in [0.3, 0.4) is 0 Å². The van der Waals surface area contributed by atoms with Crippen molar-refractivity contribution in [3.05, 3.63) is 98.4 Å². The van der Waals surface area contributed by atoms with Crippen LogP contribution in [-0.4, -0.2) is 24.2 Å². The summed E-state index contributed by atoms with van der Waals surface area (Å²) in [4.78, 5) is 29.3. The number of hydrogen-bond acceptors (Lipinski definition) is 6. The fraction of sp³-hybridized carbons (Fsp3) is 0.267. The lowest BCUT2D eigenvalue weighted by Gasteiger charge is -2.25. The van der Waals surface area contributed by atoms with Gasteiger partial charge in [0.25, 0.3) is 5.91 Å². The van der Waals surface area contributed by atoms with Crippen molar-refractivity contribution in [1.82, 2.24) is 4.90 Å². The summed E-state index contributed by atoms with van der Waals surface area (Å²) in [5.41, 5.74) is 1.94. The van der Waals surface area contributed by atoms with Crippen LogP contribution in [0.15, 0.2) is 69.9 Å². The molecule has 0 radical (unpaired) electrons. The van der Waals surface area contributed by atoms with E-state index in [0.717, 1.165) is 17.5 Å². The summed E-state index contributed by atoms with van der Waals surface area (Å²) in [7, 11) is 0. The lowest BCUT2D eigenvalue weighted by molar-refractivity contribution is 0.0714. The molecule has 1 amide bonds. The van der Waals surface area contributed by atoms with Gasteiger partial charge in [-0.15, -0.1) is 0 Å². The Balaban J connectivity index is 1.45. The third-order valence-electron chi connectivity index (χ3n) is 6.86. The zero-order valence-electron chi connectivity index (χ0n) is 21.0. The standard InChI is InChI=1S/C30H26ClNO6/c1-17(2)10-11-35-21-5-3-4-19(13-21)27-26-28(33)22-14-20(31)7-9-23(22)38-29(26)30(34)32(27)15-18-6-8-24-25(12-18)37-16-36-24/h3-9,12-14,17,27H,10-11,15-16H2,1-2H3. The van der Waals surface area contributed by atoms with Crippen LogP contribution < -0.4 is 19.6 Å². The Morgan fingerprint density at radius 3 is 2.71 bits per heavy atom. The van der Waals surface area contributed by atoms with E-state index in [1.54, 1.807) is 23.1 Å². The van der Waals surface area contributed by atoms with Crippen LogP contribution in [0.1, 0.15) is 53.6 Å². The molecule has 6 rings (SSSR count). The smallest absolute Gasteiger partial charge is 0.291 e. The van der Waals surface area contributed by atoms with Crippen molar-refractivity contribution in [3.8, 4) is 17.2 Å². The highest BCUT2D eigenvalue weighted by atomic mass is 35.5. The van der Waals surface area contributed by atoms with Crippen LogP contribution in [-0.2, 0) is 6.54 Å². The highest BCUT2D eigenvalue weighted by molar-refractivity contribution is 6.31. The van der Waals surface area contributed by atoms with Gasteiger partial charge in [-0.2, -0.15) is 0 Å². The van der Waals surface area contributed by atoms with Gasteiger partial charge in [-0.3, -0.25) is 9.59 Å². The summed E-state index contributed by atoms with van der Waals surface area (Å²) in [6.07, 6.45) is 0.918. The number of fused-ring (bicyclic) bond motifs is 3. The number of benzene rings is 3. The quantitative estimate of drug-likeness (QED) is 0.277. The number of rotatable bonds is 7. The maximum atomic E-state index is 13.8. The average Bonchev–Trinajstić information content (AvgIpc) is 3.47. The molecule has 0 N–H and O–H groups in total. The summed E-state index contributed by atoms with van der Waals surface area (Å²) in [5, 5.41) is 0.756. The number of carbonyl (C=O) groups is 1. The van der Waals surface area contributed by atoms with Gasteiger partial charge < -0.3 is 23.5 Å². The molecule has 0 bridgehead atoms. The van der Waals surface area contributed by atoms with Crippen molar-refractivity contribution < 1.29 is 23.4 Å². The number of nitrogens with zero attached hydrogens (tertiary/aromatic N) is 1. The number of amides is 1. The highest BCUT2D eigenvalue weighted by Crippen LogP contribution is 2.41. The molecule has 2 aliphatic rings. The zero-order valence-corrected chi connectivity index (χ0v) is 21.8. The molecule has 0 saturated heterocycles. The first-order valence-electron chi connectivity index (χ1n) is 12.6. The first-order chi connectivity index (χ1) is 18.4. The molecule has 1 unspecified atom stereocenters. The van der Waals surface area contributed by atoms with Gasteiger partial charge in [0.05, 0.1) is 23.6 Å². The number of carbonyl (C=O) groups excluding carboxylic acids is 1. The molecule has 4 aromatic rings. The first kappa shape index (κ1) is 24.4. The monoisotopic (exact) mass is 531 g/mol. The van der Waals surface area contributed by atoms with Crippen LogP contribution in [0.2, 0.25) is 5.02 Å². The molecule has 0 spiro atoms. The average molecular weight is 532 g/mol. The Labute approximate surface area is 224 Å². The van der Waals surface area contributed by atoms with Crippen LogP contribution in [0.4, 0.5) is 0 Å². The van der Waals surface area contributed by atoms with Crippen molar-refractivity contribution in [2.75, 3.05) is 13.4 Å². The largest absolute Gasteiger partial charge is 0.494 e. The predicted octanol–water partition coefficient (Wildman–Crippen LogP) is 6.35. The minimum atomic E-state index is -0.670. The Kier molecular flexibility index (Phi) is 6.24. The molecule has 3 aromatic carbocycles. The van der Waals surface area contributed by atoms with E-state index in [4.69, 9.17) is 30.2 Å². The van der Waals surface area contributed by atoms with E-state index in [9.17, 15) is 9.59 Å². The fourth-order valence-corrected chi connectivity index (χ4v) is 5.10. The molecule has 38 heavy (non-hydrogen) atoms. The van der Waals surface area contributed by atoms with Crippen LogP contribution >= 0.6 is 11.6 Å². The van der Waals surface area contributed by atoms with Crippen molar-refractivity contribution >= 4 is 28.5 Å². The molecule has 0 aliphatic carbocycles. The van der Waals surface area contributed by atoms with E-state index in [1.165, 1.54) is 0 Å². The summed E-state index contributed by atoms with van der Waals surface area (Å²) in [6, 6.07) is 17.3. The van der Waals surface area contributed by atoms with Crippen molar-refractivity contribution in [2.24, 2.45) is 5.92 Å². The first-order valence-corrected chi connectivity index (χ1v) is 13.0. The van der Waals surface area contributed by atoms with Gasteiger partial charge in [0.2, 0.25) is 12.6 Å². The summed E-state index contributed by atoms with van der Waals surface area (Å²) in [6.45, 7) is 5.26. The van der Waals surface area contributed by atoms with E-state index >= 15 is 0 Å². The summed E-state index contributed by atoms with van der Waals surface area (Å²) in [5.74, 6) is 2.16. The molecular formula is C30H26ClNO6. The topological polar surface area (TPSA) is 78.2 Å². The second kappa shape index (κ2) is 9.72. The Bertz CT molecular complexity index is 1610. The van der Waals surface area contributed by atoms with Gasteiger partial charge in [0, 0.05) is 11.6 Å². The van der Waals surface area contributed by atoms with E-state index in [-0.39, 0.29) is 30.4 Å². The molecular weight excluding hydrogens is 506 g/mol. The second-order valence-electron chi connectivity index (χ2n) is 9.94. The molecule has 1 aromatic heterocycles. The summed E-state index contributed by atoms with van der Waals surface area (Å²) >= 11 is 6.20. The van der Waals surface area contributed by atoms with E-state index < -0.39 is 6.04 Å². The molecule has 2 aliphatic heterocycles. The van der Waals surface area contributed by atoms with Crippen LogP contribution in [0.5, 0.6) is 17.2 Å². The second-order valence-corrected chi connectivity index (χ2v) is 10.4. The molecule has 0 fully saturated rings. The summed E-state index contributed by atoms with van der Waals surface area (Å²) < 4.78 is 23.0. The third kappa shape index (κ3) is 4.37.